The van der Waals surface area contributed by atoms with Gasteiger partial charge in [0.05, 0.1) is 12.1 Å². The molecule has 0 saturated heterocycles. The van der Waals surface area contributed by atoms with E-state index in [9.17, 15) is 0 Å². The Morgan fingerprint density at radius 3 is 2.67 bits per heavy atom. The summed E-state index contributed by atoms with van der Waals surface area (Å²) in [4.78, 5) is 0. The number of hydrogen-bond donors (Lipinski definition) is 0. The Morgan fingerprint density at radius 1 is 1.17 bits per heavy atom. The smallest absolute Gasteiger partial charge is 0.138 e. The highest BCUT2D eigenvalue weighted by molar-refractivity contribution is 9.10. The monoisotopic (exact) mass is 326 g/mol. The Morgan fingerprint density at radius 2 is 1.94 bits per heavy atom. The molecule has 0 aliphatic carbocycles. The zero-order valence-corrected chi connectivity index (χ0v) is 12.2. The summed E-state index contributed by atoms with van der Waals surface area (Å²) < 4.78 is 11.9. The summed E-state index contributed by atoms with van der Waals surface area (Å²) in [6.07, 6.45) is 0. The summed E-state index contributed by atoms with van der Waals surface area (Å²) in [6, 6.07) is 13.2. The molecule has 4 heteroatoms. The highest BCUT2D eigenvalue weighted by Crippen LogP contribution is 2.27. The predicted octanol–water partition coefficient (Wildman–Crippen LogP) is 4.69. The molecule has 0 aliphatic rings. The number of benzene rings is 2. The third-order valence-corrected chi connectivity index (χ3v) is 3.56. The van der Waals surface area contributed by atoms with Crippen LogP contribution in [0.5, 0.6) is 11.5 Å². The molecule has 0 amide bonds. The first-order valence-electron chi connectivity index (χ1n) is 5.40. The molecule has 0 unspecified atom stereocenters. The number of halogens is 2. The lowest BCUT2D eigenvalue weighted by Gasteiger charge is -2.10. The van der Waals surface area contributed by atoms with Gasteiger partial charge in [-0.05, 0) is 30.3 Å². The second-order valence-corrected chi connectivity index (χ2v) is 4.94. The van der Waals surface area contributed by atoms with Crippen molar-refractivity contribution in [2.24, 2.45) is 0 Å². The standard InChI is InChI=1S/C14H12BrClO2/c1-17-11-6-7-12(15)10(8-11)9-18-14-5-3-2-4-13(14)16/h2-8H,9H2,1H3. The van der Waals surface area contributed by atoms with Gasteiger partial charge in [0.25, 0.3) is 0 Å². The Bertz CT molecular complexity index is 543. The average molecular weight is 328 g/mol. The molecule has 2 nitrogen and oxygen atoms in total. The molecule has 2 aromatic carbocycles. The first-order valence-corrected chi connectivity index (χ1v) is 6.57. The molecule has 94 valence electrons. The van der Waals surface area contributed by atoms with Gasteiger partial charge in [-0.1, -0.05) is 39.7 Å². The Labute approximate surface area is 120 Å². The maximum Gasteiger partial charge on any atom is 0.138 e. The predicted molar refractivity (Wildman–Crippen MR) is 76.5 cm³/mol. The van der Waals surface area contributed by atoms with Gasteiger partial charge in [-0.3, -0.25) is 0 Å². The average Bonchev–Trinajstić information content (AvgIpc) is 2.39. The SMILES string of the molecule is COc1ccc(Br)c(COc2ccccc2Cl)c1. The van der Waals surface area contributed by atoms with Crippen molar-refractivity contribution in [3.05, 3.63) is 57.5 Å². The summed E-state index contributed by atoms with van der Waals surface area (Å²) in [5.41, 5.74) is 1.01. The maximum atomic E-state index is 6.03. The van der Waals surface area contributed by atoms with Gasteiger partial charge >= 0.3 is 0 Å². The van der Waals surface area contributed by atoms with Gasteiger partial charge in [0.1, 0.15) is 18.1 Å². The summed E-state index contributed by atoms with van der Waals surface area (Å²) in [6.45, 7) is 0.432. The minimum absolute atomic E-state index is 0.432. The van der Waals surface area contributed by atoms with E-state index < -0.39 is 0 Å². The molecule has 0 N–H and O–H groups in total. The fourth-order valence-corrected chi connectivity index (χ4v) is 2.06. The molecule has 2 rings (SSSR count). The van der Waals surface area contributed by atoms with Crippen molar-refractivity contribution >= 4 is 27.5 Å². The van der Waals surface area contributed by atoms with Gasteiger partial charge in [0, 0.05) is 10.0 Å². The van der Waals surface area contributed by atoms with Crippen LogP contribution in [0.2, 0.25) is 5.02 Å². The van der Waals surface area contributed by atoms with Crippen molar-refractivity contribution in [3.8, 4) is 11.5 Å². The van der Waals surface area contributed by atoms with E-state index in [2.05, 4.69) is 15.9 Å². The lowest BCUT2D eigenvalue weighted by molar-refractivity contribution is 0.304. The van der Waals surface area contributed by atoms with Gasteiger partial charge in [-0.2, -0.15) is 0 Å². The number of rotatable bonds is 4. The molecule has 0 radical (unpaired) electrons. The fraction of sp³-hybridized carbons (Fsp3) is 0.143. The quantitative estimate of drug-likeness (QED) is 0.811. The highest BCUT2D eigenvalue weighted by Gasteiger charge is 2.05. The van der Waals surface area contributed by atoms with Crippen LogP contribution < -0.4 is 9.47 Å². The molecule has 2 aromatic rings. The van der Waals surface area contributed by atoms with E-state index in [1.807, 2.05) is 36.4 Å². The van der Waals surface area contributed by atoms with E-state index >= 15 is 0 Å². The fourth-order valence-electron chi connectivity index (χ4n) is 1.51. The van der Waals surface area contributed by atoms with Gasteiger partial charge < -0.3 is 9.47 Å². The molecular weight excluding hydrogens is 316 g/mol. The zero-order chi connectivity index (χ0) is 13.0. The van der Waals surface area contributed by atoms with E-state index in [1.165, 1.54) is 0 Å². The van der Waals surface area contributed by atoms with Crippen LogP contribution in [-0.2, 0) is 6.61 Å². The Balaban J connectivity index is 2.13. The van der Waals surface area contributed by atoms with Gasteiger partial charge in [-0.15, -0.1) is 0 Å². The molecule has 0 spiro atoms. The van der Waals surface area contributed by atoms with Crippen LogP contribution in [0.3, 0.4) is 0 Å². The second kappa shape index (κ2) is 6.12. The molecule has 0 atom stereocenters. The summed E-state index contributed by atoms with van der Waals surface area (Å²) >= 11 is 9.51. The summed E-state index contributed by atoms with van der Waals surface area (Å²) in [7, 11) is 1.64. The van der Waals surface area contributed by atoms with E-state index in [4.69, 9.17) is 21.1 Å². The third-order valence-electron chi connectivity index (χ3n) is 2.47. The number of hydrogen-bond acceptors (Lipinski definition) is 2. The normalized spacial score (nSPS) is 10.2. The first-order chi connectivity index (χ1) is 8.70. The van der Waals surface area contributed by atoms with Crippen LogP contribution in [0, 0.1) is 0 Å². The molecule has 0 fully saturated rings. The van der Waals surface area contributed by atoms with Crippen molar-refractivity contribution in [3.63, 3.8) is 0 Å². The number of methoxy groups -OCH3 is 1. The van der Waals surface area contributed by atoms with Crippen LogP contribution in [0.1, 0.15) is 5.56 Å². The minimum atomic E-state index is 0.432. The van der Waals surface area contributed by atoms with Crippen LogP contribution >= 0.6 is 27.5 Å². The maximum absolute atomic E-state index is 6.03. The van der Waals surface area contributed by atoms with Gasteiger partial charge in [0.15, 0.2) is 0 Å². The van der Waals surface area contributed by atoms with Crippen molar-refractivity contribution < 1.29 is 9.47 Å². The molecule has 0 heterocycles. The van der Waals surface area contributed by atoms with Crippen LogP contribution in [0.4, 0.5) is 0 Å². The summed E-state index contributed by atoms with van der Waals surface area (Å²) in [5, 5.41) is 0.608. The largest absolute Gasteiger partial charge is 0.497 e. The number of ether oxygens (including phenoxy) is 2. The molecular formula is C14H12BrClO2. The van der Waals surface area contributed by atoms with Crippen molar-refractivity contribution in [2.75, 3.05) is 7.11 Å². The topological polar surface area (TPSA) is 18.5 Å². The van der Waals surface area contributed by atoms with Crippen molar-refractivity contribution in [1.29, 1.82) is 0 Å². The molecule has 0 bridgehead atoms. The highest BCUT2D eigenvalue weighted by atomic mass is 79.9. The molecule has 18 heavy (non-hydrogen) atoms. The second-order valence-electron chi connectivity index (χ2n) is 3.68. The van der Waals surface area contributed by atoms with Crippen LogP contribution in [-0.4, -0.2) is 7.11 Å². The Hall–Kier alpha value is -1.19. The lowest BCUT2D eigenvalue weighted by Crippen LogP contribution is -1.97. The van der Waals surface area contributed by atoms with Crippen LogP contribution in [0.25, 0.3) is 0 Å². The molecule has 0 aromatic heterocycles. The van der Waals surface area contributed by atoms with Crippen LogP contribution in [0.15, 0.2) is 46.9 Å². The van der Waals surface area contributed by atoms with Crippen molar-refractivity contribution in [2.45, 2.75) is 6.61 Å². The van der Waals surface area contributed by atoms with Gasteiger partial charge in [0.2, 0.25) is 0 Å². The zero-order valence-electron chi connectivity index (χ0n) is 9.82. The van der Waals surface area contributed by atoms with E-state index in [-0.39, 0.29) is 0 Å². The third kappa shape index (κ3) is 3.18. The molecule has 0 saturated carbocycles. The minimum Gasteiger partial charge on any atom is -0.497 e. The number of para-hydroxylation sites is 1. The molecule has 0 aliphatic heterocycles. The van der Waals surface area contributed by atoms with Gasteiger partial charge in [-0.25, -0.2) is 0 Å². The van der Waals surface area contributed by atoms with E-state index in [1.54, 1.807) is 13.2 Å². The summed E-state index contributed by atoms with van der Waals surface area (Å²) in [5.74, 6) is 1.48. The van der Waals surface area contributed by atoms with E-state index in [0.29, 0.717) is 17.4 Å². The lowest BCUT2D eigenvalue weighted by atomic mass is 10.2. The Kier molecular flexibility index (Phi) is 4.50. The van der Waals surface area contributed by atoms with Crippen molar-refractivity contribution in [1.82, 2.24) is 0 Å². The first kappa shape index (κ1) is 13.2. The van der Waals surface area contributed by atoms with E-state index in [0.717, 1.165) is 15.8 Å².